The van der Waals surface area contributed by atoms with Gasteiger partial charge in [0, 0.05) is 17.6 Å². The monoisotopic (exact) mass is 268 g/mol. The molecule has 0 amide bonds. The van der Waals surface area contributed by atoms with Crippen molar-refractivity contribution in [2.24, 2.45) is 11.3 Å². The fourth-order valence-corrected chi connectivity index (χ4v) is 3.42. The molecule has 1 aromatic rings. The summed E-state index contributed by atoms with van der Waals surface area (Å²) in [5.41, 5.74) is 0.364. The van der Waals surface area contributed by atoms with Gasteiger partial charge in [0.05, 0.1) is 5.01 Å². The topological polar surface area (TPSA) is 24.9 Å². The SMILES string of the molecule is CCCC(C)(CNCC(C)C)Cc1cnc(C)s1. The van der Waals surface area contributed by atoms with E-state index in [4.69, 9.17) is 0 Å². The zero-order valence-electron chi connectivity index (χ0n) is 12.5. The summed E-state index contributed by atoms with van der Waals surface area (Å²) in [6.45, 7) is 13.5. The van der Waals surface area contributed by atoms with Crippen LogP contribution in [0.15, 0.2) is 6.20 Å². The van der Waals surface area contributed by atoms with Crippen molar-refractivity contribution in [1.29, 1.82) is 0 Å². The number of aryl methyl sites for hydroxylation is 1. The van der Waals surface area contributed by atoms with Crippen LogP contribution in [0.4, 0.5) is 0 Å². The number of hydrogen-bond acceptors (Lipinski definition) is 3. The quantitative estimate of drug-likeness (QED) is 0.769. The van der Waals surface area contributed by atoms with Crippen LogP contribution in [0.5, 0.6) is 0 Å². The van der Waals surface area contributed by atoms with Gasteiger partial charge in [-0.25, -0.2) is 4.98 Å². The second-order valence-corrected chi connectivity index (χ2v) is 7.43. The van der Waals surface area contributed by atoms with E-state index in [0.29, 0.717) is 5.41 Å². The standard InChI is InChI=1S/C15H28N2S/c1-6-7-15(5,11-16-9-12(2)3)8-14-10-17-13(4)18-14/h10,12,16H,6-9,11H2,1-5H3. The molecule has 0 bridgehead atoms. The summed E-state index contributed by atoms with van der Waals surface area (Å²) in [5, 5.41) is 4.80. The van der Waals surface area contributed by atoms with E-state index < -0.39 is 0 Å². The molecule has 0 fully saturated rings. The summed E-state index contributed by atoms with van der Waals surface area (Å²) >= 11 is 1.84. The van der Waals surface area contributed by atoms with E-state index in [9.17, 15) is 0 Å². The van der Waals surface area contributed by atoms with E-state index in [-0.39, 0.29) is 0 Å². The summed E-state index contributed by atoms with van der Waals surface area (Å²) in [4.78, 5) is 5.79. The maximum absolute atomic E-state index is 4.37. The summed E-state index contributed by atoms with van der Waals surface area (Å²) in [6.07, 6.45) is 5.72. The van der Waals surface area contributed by atoms with Crippen molar-refractivity contribution in [3.8, 4) is 0 Å². The number of thiazole rings is 1. The van der Waals surface area contributed by atoms with E-state index in [1.165, 1.54) is 22.7 Å². The average molecular weight is 268 g/mol. The minimum absolute atomic E-state index is 0.364. The third-order valence-electron chi connectivity index (χ3n) is 3.23. The van der Waals surface area contributed by atoms with Crippen LogP contribution in [0.2, 0.25) is 0 Å². The molecule has 3 heteroatoms. The molecule has 0 saturated heterocycles. The van der Waals surface area contributed by atoms with Gasteiger partial charge in [0.2, 0.25) is 0 Å². The maximum Gasteiger partial charge on any atom is 0.0896 e. The molecule has 0 aliphatic rings. The van der Waals surface area contributed by atoms with Gasteiger partial charge < -0.3 is 5.32 Å². The molecule has 0 aromatic carbocycles. The third-order valence-corrected chi connectivity index (χ3v) is 4.14. The summed E-state index contributed by atoms with van der Waals surface area (Å²) in [7, 11) is 0. The van der Waals surface area contributed by atoms with Crippen LogP contribution in [0.3, 0.4) is 0 Å². The zero-order chi connectivity index (χ0) is 13.6. The van der Waals surface area contributed by atoms with Crippen LogP contribution in [0.1, 0.15) is 50.4 Å². The van der Waals surface area contributed by atoms with E-state index >= 15 is 0 Å². The van der Waals surface area contributed by atoms with Crippen LogP contribution in [0, 0.1) is 18.3 Å². The van der Waals surface area contributed by atoms with Gasteiger partial charge in [0.15, 0.2) is 0 Å². The van der Waals surface area contributed by atoms with Gasteiger partial charge in [-0.15, -0.1) is 11.3 Å². The first-order chi connectivity index (χ1) is 8.45. The van der Waals surface area contributed by atoms with Crippen LogP contribution in [-0.2, 0) is 6.42 Å². The Morgan fingerprint density at radius 2 is 2.17 bits per heavy atom. The molecular weight excluding hydrogens is 240 g/mol. The van der Waals surface area contributed by atoms with Crippen LogP contribution < -0.4 is 5.32 Å². The molecule has 1 heterocycles. The van der Waals surface area contributed by atoms with Gasteiger partial charge in [-0.1, -0.05) is 34.1 Å². The fourth-order valence-electron chi connectivity index (χ4n) is 2.41. The lowest BCUT2D eigenvalue weighted by atomic mass is 9.81. The van der Waals surface area contributed by atoms with E-state index in [1.807, 2.05) is 11.3 Å². The molecule has 104 valence electrons. The average Bonchev–Trinajstić information content (AvgIpc) is 2.63. The Bertz CT molecular complexity index is 346. The predicted octanol–water partition coefficient (Wildman–Crippen LogP) is 4.05. The molecule has 0 radical (unpaired) electrons. The van der Waals surface area contributed by atoms with Crippen molar-refractivity contribution in [2.75, 3.05) is 13.1 Å². The Morgan fingerprint density at radius 3 is 2.67 bits per heavy atom. The first-order valence-electron chi connectivity index (χ1n) is 7.07. The van der Waals surface area contributed by atoms with E-state index in [2.05, 4.69) is 51.1 Å². The highest BCUT2D eigenvalue weighted by Crippen LogP contribution is 2.29. The molecule has 1 aromatic heterocycles. The van der Waals surface area contributed by atoms with Gasteiger partial charge in [0.25, 0.3) is 0 Å². The minimum Gasteiger partial charge on any atom is -0.316 e. The second-order valence-electron chi connectivity index (χ2n) is 6.11. The highest BCUT2D eigenvalue weighted by Gasteiger charge is 2.24. The largest absolute Gasteiger partial charge is 0.316 e. The van der Waals surface area contributed by atoms with Crippen molar-refractivity contribution in [3.63, 3.8) is 0 Å². The third kappa shape index (κ3) is 5.49. The molecule has 1 rings (SSSR count). The minimum atomic E-state index is 0.364. The molecule has 1 atom stereocenters. The summed E-state index contributed by atoms with van der Waals surface area (Å²) in [5.74, 6) is 0.724. The Kier molecular flexibility index (Phi) is 6.30. The lowest BCUT2D eigenvalue weighted by molar-refractivity contribution is 0.272. The summed E-state index contributed by atoms with van der Waals surface area (Å²) in [6, 6.07) is 0. The molecular formula is C15H28N2S. The lowest BCUT2D eigenvalue weighted by Gasteiger charge is -2.29. The van der Waals surface area contributed by atoms with Crippen molar-refractivity contribution in [2.45, 2.75) is 53.9 Å². The summed E-state index contributed by atoms with van der Waals surface area (Å²) < 4.78 is 0. The number of nitrogens with one attached hydrogen (secondary N) is 1. The molecule has 2 nitrogen and oxygen atoms in total. The maximum atomic E-state index is 4.37. The van der Waals surface area contributed by atoms with Crippen molar-refractivity contribution in [3.05, 3.63) is 16.1 Å². The first kappa shape index (κ1) is 15.6. The molecule has 0 spiro atoms. The normalized spacial score (nSPS) is 15.0. The van der Waals surface area contributed by atoms with Crippen LogP contribution in [0.25, 0.3) is 0 Å². The molecule has 18 heavy (non-hydrogen) atoms. The van der Waals surface area contributed by atoms with E-state index in [1.54, 1.807) is 0 Å². The van der Waals surface area contributed by atoms with Crippen LogP contribution >= 0.6 is 11.3 Å². The van der Waals surface area contributed by atoms with E-state index in [0.717, 1.165) is 25.4 Å². The Balaban J connectivity index is 2.55. The number of rotatable bonds is 8. The van der Waals surface area contributed by atoms with Gasteiger partial charge in [-0.2, -0.15) is 0 Å². The van der Waals surface area contributed by atoms with Crippen LogP contribution in [-0.4, -0.2) is 18.1 Å². The molecule has 1 N–H and O–H groups in total. The van der Waals surface area contributed by atoms with Gasteiger partial charge >= 0.3 is 0 Å². The molecule has 0 saturated carbocycles. The number of aromatic nitrogens is 1. The fraction of sp³-hybridized carbons (Fsp3) is 0.800. The first-order valence-corrected chi connectivity index (χ1v) is 7.89. The molecule has 0 aliphatic heterocycles. The second kappa shape index (κ2) is 7.25. The molecule has 0 aliphatic carbocycles. The van der Waals surface area contributed by atoms with Crippen molar-refractivity contribution < 1.29 is 0 Å². The van der Waals surface area contributed by atoms with Crippen molar-refractivity contribution in [1.82, 2.24) is 10.3 Å². The highest BCUT2D eigenvalue weighted by atomic mass is 32.1. The number of hydrogen-bond donors (Lipinski definition) is 1. The Hall–Kier alpha value is -0.410. The Morgan fingerprint density at radius 1 is 1.44 bits per heavy atom. The van der Waals surface area contributed by atoms with Gasteiger partial charge in [-0.05, 0) is 37.6 Å². The van der Waals surface area contributed by atoms with Gasteiger partial charge in [-0.3, -0.25) is 0 Å². The molecule has 1 unspecified atom stereocenters. The lowest BCUT2D eigenvalue weighted by Crippen LogP contribution is -2.35. The Labute approximate surface area is 116 Å². The zero-order valence-corrected chi connectivity index (χ0v) is 13.4. The number of nitrogens with zero attached hydrogens (tertiary/aromatic N) is 1. The highest BCUT2D eigenvalue weighted by molar-refractivity contribution is 7.11. The van der Waals surface area contributed by atoms with Crippen molar-refractivity contribution >= 4 is 11.3 Å². The predicted molar refractivity (Wildman–Crippen MR) is 81.3 cm³/mol. The smallest absolute Gasteiger partial charge is 0.0896 e. The van der Waals surface area contributed by atoms with Gasteiger partial charge in [0.1, 0.15) is 0 Å².